The number of carbonyl (C=O) groups is 1. The van der Waals surface area contributed by atoms with Gasteiger partial charge in [-0.3, -0.25) is 4.79 Å². The molecule has 0 aromatic heterocycles. The summed E-state index contributed by atoms with van der Waals surface area (Å²) in [4.78, 5) is 11.4. The number of carbonyl (C=O) groups excluding carboxylic acids is 1. The highest BCUT2D eigenvalue weighted by Crippen LogP contribution is 2.23. The second kappa shape index (κ2) is 8.33. The third kappa shape index (κ3) is 5.10. The third-order valence-electron chi connectivity index (χ3n) is 3.68. The lowest BCUT2D eigenvalue weighted by molar-refractivity contribution is 0.101. The maximum Gasteiger partial charge on any atom is 0.159 e. The Labute approximate surface area is 138 Å². The van der Waals surface area contributed by atoms with Gasteiger partial charge in [-0.2, -0.15) is 0 Å². The van der Waals surface area contributed by atoms with Gasteiger partial charge in [-0.05, 0) is 50.5 Å². The second-order valence-corrected chi connectivity index (χ2v) is 5.76. The zero-order chi connectivity index (χ0) is 16.7. The molecule has 2 rings (SSSR count). The molecule has 2 heteroatoms. The largest absolute Gasteiger partial charge is 0.457 e. The number of unbranched alkanes of at least 4 members (excludes halogenated alkanes) is 2. The van der Waals surface area contributed by atoms with Gasteiger partial charge < -0.3 is 4.74 Å². The number of rotatable bonds is 7. The van der Waals surface area contributed by atoms with Crippen LogP contribution in [0.5, 0.6) is 5.75 Å². The zero-order valence-electron chi connectivity index (χ0n) is 14.1. The molecule has 0 heterocycles. The molecule has 0 N–H and O–H groups in total. The molecule has 0 aliphatic rings. The molecule has 0 spiro atoms. The van der Waals surface area contributed by atoms with E-state index in [0.29, 0.717) is 0 Å². The summed E-state index contributed by atoms with van der Waals surface area (Å²) < 4.78 is 6.10. The van der Waals surface area contributed by atoms with E-state index in [4.69, 9.17) is 4.74 Å². The normalized spacial score (nSPS) is 11.3. The predicted molar refractivity (Wildman–Crippen MR) is 95.8 cm³/mol. The van der Waals surface area contributed by atoms with Crippen LogP contribution in [-0.4, -0.2) is 5.78 Å². The molecule has 0 saturated carbocycles. The van der Waals surface area contributed by atoms with E-state index >= 15 is 0 Å². The lowest BCUT2D eigenvalue weighted by atomic mass is 10.1. The number of allylic oxidation sites excluding steroid dienone is 1. The maximum absolute atomic E-state index is 11.4. The molecule has 0 radical (unpaired) electrons. The average Bonchev–Trinajstić information content (AvgIpc) is 2.54. The van der Waals surface area contributed by atoms with Crippen molar-refractivity contribution in [2.24, 2.45) is 0 Å². The Bertz CT molecular complexity index is 681. The van der Waals surface area contributed by atoms with Gasteiger partial charge in [0.15, 0.2) is 5.78 Å². The Hall–Kier alpha value is -2.35. The highest BCUT2D eigenvalue weighted by molar-refractivity contribution is 5.94. The van der Waals surface area contributed by atoms with E-state index in [9.17, 15) is 4.79 Å². The first-order valence-electron chi connectivity index (χ1n) is 8.16. The van der Waals surface area contributed by atoms with Crippen LogP contribution in [0.15, 0.2) is 54.6 Å². The van der Waals surface area contributed by atoms with Crippen molar-refractivity contribution < 1.29 is 9.53 Å². The van der Waals surface area contributed by atoms with Crippen LogP contribution in [0.25, 0.3) is 5.76 Å². The zero-order valence-corrected chi connectivity index (χ0v) is 14.1. The van der Waals surface area contributed by atoms with Crippen LogP contribution in [-0.2, 0) is 0 Å². The average molecular weight is 308 g/mol. The number of hydrogen-bond donors (Lipinski definition) is 0. The summed E-state index contributed by atoms with van der Waals surface area (Å²) >= 11 is 0. The molecule has 2 aromatic rings. The van der Waals surface area contributed by atoms with Gasteiger partial charge in [0.1, 0.15) is 11.5 Å². The van der Waals surface area contributed by atoms with E-state index in [1.165, 1.54) is 5.56 Å². The fourth-order valence-corrected chi connectivity index (χ4v) is 2.33. The summed E-state index contributed by atoms with van der Waals surface area (Å²) in [6.45, 7) is 5.81. The minimum Gasteiger partial charge on any atom is -0.457 e. The van der Waals surface area contributed by atoms with Crippen LogP contribution >= 0.6 is 0 Å². The third-order valence-corrected chi connectivity index (χ3v) is 3.68. The van der Waals surface area contributed by atoms with E-state index in [-0.39, 0.29) is 5.78 Å². The van der Waals surface area contributed by atoms with Crippen molar-refractivity contribution in [1.82, 2.24) is 0 Å². The van der Waals surface area contributed by atoms with Crippen LogP contribution in [0.3, 0.4) is 0 Å². The Morgan fingerprint density at radius 1 is 1.09 bits per heavy atom. The molecule has 0 unspecified atom stereocenters. The van der Waals surface area contributed by atoms with Gasteiger partial charge in [0, 0.05) is 11.1 Å². The first kappa shape index (κ1) is 17.0. The molecule has 0 amide bonds. The number of hydrogen-bond acceptors (Lipinski definition) is 2. The van der Waals surface area contributed by atoms with Crippen LogP contribution in [0.1, 0.15) is 54.6 Å². The van der Waals surface area contributed by atoms with Crippen molar-refractivity contribution in [1.29, 1.82) is 0 Å². The number of ketones is 1. The Balaban J connectivity index is 2.26. The van der Waals surface area contributed by atoms with Gasteiger partial charge in [-0.1, -0.05) is 49.7 Å². The first-order chi connectivity index (χ1) is 11.1. The Morgan fingerprint density at radius 3 is 2.39 bits per heavy atom. The van der Waals surface area contributed by atoms with Crippen molar-refractivity contribution in [2.45, 2.75) is 40.0 Å². The highest BCUT2D eigenvalue weighted by atomic mass is 16.5. The van der Waals surface area contributed by atoms with Crippen molar-refractivity contribution in [3.63, 3.8) is 0 Å². The molecule has 2 aromatic carbocycles. The van der Waals surface area contributed by atoms with Crippen LogP contribution in [0, 0.1) is 6.92 Å². The van der Waals surface area contributed by atoms with Gasteiger partial charge in [0.25, 0.3) is 0 Å². The summed E-state index contributed by atoms with van der Waals surface area (Å²) in [5, 5.41) is 0. The number of Topliss-reactive ketones (excluding diaryl/α,β-unsaturated/α-hetero) is 1. The van der Waals surface area contributed by atoms with E-state index in [1.807, 2.05) is 42.5 Å². The summed E-state index contributed by atoms with van der Waals surface area (Å²) in [7, 11) is 0. The molecule has 0 aliphatic heterocycles. The molecule has 0 fully saturated rings. The van der Waals surface area contributed by atoms with Crippen LogP contribution in [0.2, 0.25) is 0 Å². The van der Waals surface area contributed by atoms with Crippen molar-refractivity contribution in [3.05, 3.63) is 71.3 Å². The molecule has 23 heavy (non-hydrogen) atoms. The highest BCUT2D eigenvalue weighted by Gasteiger charge is 2.06. The van der Waals surface area contributed by atoms with Gasteiger partial charge >= 0.3 is 0 Å². The number of ether oxygens (including phenoxy) is 1. The van der Waals surface area contributed by atoms with Gasteiger partial charge in [0.05, 0.1) is 0 Å². The standard InChI is InChI=1S/C21H24O2/c1-4-5-6-10-21(23-20-9-7-8-16(2)15-20)19-13-11-18(12-14-19)17(3)22/h7-15H,4-6H2,1-3H3/b21-10-. The molecular formula is C21H24O2. The van der Waals surface area contributed by atoms with Crippen molar-refractivity contribution >= 4 is 11.5 Å². The molecule has 0 atom stereocenters. The van der Waals surface area contributed by atoms with Crippen molar-refractivity contribution in [3.8, 4) is 5.75 Å². The smallest absolute Gasteiger partial charge is 0.159 e. The molecule has 0 saturated heterocycles. The summed E-state index contributed by atoms with van der Waals surface area (Å²) in [6, 6.07) is 15.6. The summed E-state index contributed by atoms with van der Waals surface area (Å²) in [5.74, 6) is 1.76. The topological polar surface area (TPSA) is 26.3 Å². The van der Waals surface area contributed by atoms with Crippen LogP contribution in [0.4, 0.5) is 0 Å². The van der Waals surface area contributed by atoms with E-state index < -0.39 is 0 Å². The van der Waals surface area contributed by atoms with Crippen molar-refractivity contribution in [2.75, 3.05) is 0 Å². The fourth-order valence-electron chi connectivity index (χ4n) is 2.33. The predicted octanol–water partition coefficient (Wildman–Crippen LogP) is 5.81. The summed E-state index contributed by atoms with van der Waals surface area (Å²) in [5.41, 5.74) is 2.88. The summed E-state index contributed by atoms with van der Waals surface area (Å²) in [6.07, 6.45) is 5.39. The van der Waals surface area contributed by atoms with Crippen LogP contribution < -0.4 is 4.74 Å². The molecule has 0 aliphatic carbocycles. The SMILES string of the molecule is CCCC/C=C(\Oc1cccc(C)c1)c1ccc(C(C)=O)cc1. The van der Waals surface area contributed by atoms with Gasteiger partial charge in [0.2, 0.25) is 0 Å². The molecule has 0 bridgehead atoms. The molecule has 2 nitrogen and oxygen atoms in total. The maximum atomic E-state index is 11.4. The minimum atomic E-state index is 0.0765. The monoisotopic (exact) mass is 308 g/mol. The van der Waals surface area contributed by atoms with E-state index in [1.54, 1.807) is 6.92 Å². The first-order valence-corrected chi connectivity index (χ1v) is 8.16. The Morgan fingerprint density at radius 2 is 1.78 bits per heavy atom. The Kier molecular flexibility index (Phi) is 6.16. The number of aryl methyl sites for hydroxylation is 1. The molecule has 120 valence electrons. The number of benzene rings is 2. The minimum absolute atomic E-state index is 0.0765. The van der Waals surface area contributed by atoms with Gasteiger partial charge in [-0.15, -0.1) is 0 Å². The van der Waals surface area contributed by atoms with Gasteiger partial charge in [-0.25, -0.2) is 0 Å². The fraction of sp³-hybridized carbons (Fsp3) is 0.286. The second-order valence-electron chi connectivity index (χ2n) is 5.76. The van der Waals surface area contributed by atoms with E-state index in [0.717, 1.165) is 41.9 Å². The lowest BCUT2D eigenvalue weighted by Crippen LogP contribution is -1.98. The quantitative estimate of drug-likeness (QED) is 0.366. The molecular weight excluding hydrogens is 284 g/mol. The lowest BCUT2D eigenvalue weighted by Gasteiger charge is -2.12. The van der Waals surface area contributed by atoms with E-state index in [2.05, 4.69) is 26.0 Å².